The second-order valence-corrected chi connectivity index (χ2v) is 8.27. The van der Waals surface area contributed by atoms with E-state index >= 15 is 0 Å². The maximum absolute atomic E-state index is 12.8. The van der Waals surface area contributed by atoms with Crippen LogP contribution in [0.5, 0.6) is 5.75 Å². The summed E-state index contributed by atoms with van der Waals surface area (Å²) >= 11 is 0. The third-order valence-corrected chi connectivity index (χ3v) is 5.94. The van der Waals surface area contributed by atoms with Crippen LogP contribution in [0.15, 0.2) is 42.5 Å². The summed E-state index contributed by atoms with van der Waals surface area (Å²) in [7, 11) is 0. The van der Waals surface area contributed by atoms with Crippen molar-refractivity contribution >= 4 is 23.4 Å². The molecule has 2 aromatic carbocycles. The molecule has 1 heterocycles. The van der Waals surface area contributed by atoms with Gasteiger partial charge in [-0.05, 0) is 55.3 Å². The van der Waals surface area contributed by atoms with Crippen molar-refractivity contribution in [3.05, 3.63) is 59.7 Å². The zero-order valence-corrected chi connectivity index (χ0v) is 17.6. The van der Waals surface area contributed by atoms with E-state index in [9.17, 15) is 14.4 Å². The smallest absolute Gasteiger partial charge is 0.255 e. The van der Waals surface area contributed by atoms with E-state index in [1.165, 1.54) is 6.92 Å². The lowest BCUT2D eigenvalue weighted by atomic mass is 9.57. The van der Waals surface area contributed by atoms with E-state index in [2.05, 4.69) is 6.07 Å². The van der Waals surface area contributed by atoms with Gasteiger partial charge in [0.05, 0.1) is 11.5 Å². The predicted octanol–water partition coefficient (Wildman–Crippen LogP) is 1.90. The molecule has 0 spiro atoms. The van der Waals surface area contributed by atoms with Gasteiger partial charge in [-0.15, -0.1) is 0 Å². The van der Waals surface area contributed by atoms with Crippen LogP contribution in [0.4, 0.5) is 5.69 Å². The first kappa shape index (κ1) is 21.4. The molecule has 0 aromatic heterocycles. The standard InChI is InChI=1S/C23H26N3O4/c1-14(27)26-18-8-6-5-7-17(18)23(4,20(21(25)29)22(26,2)3)15-9-11-16(12-10-15)30-13-19(24)28/h6-12,20H,13H2,1-4H3,(H2,24,28)(H2,25,29). The Morgan fingerprint density at radius 2 is 1.73 bits per heavy atom. The van der Waals surface area contributed by atoms with Gasteiger partial charge in [-0.3, -0.25) is 14.4 Å². The average molecular weight is 408 g/mol. The highest BCUT2D eigenvalue weighted by Crippen LogP contribution is 2.54. The third kappa shape index (κ3) is 3.30. The molecule has 1 aliphatic rings. The van der Waals surface area contributed by atoms with E-state index < -0.39 is 28.7 Å². The van der Waals surface area contributed by atoms with Crippen molar-refractivity contribution in [3.8, 4) is 5.75 Å². The molecular weight excluding hydrogens is 382 g/mol. The second-order valence-electron chi connectivity index (χ2n) is 8.27. The molecule has 7 nitrogen and oxygen atoms in total. The second kappa shape index (κ2) is 7.48. The molecule has 0 fully saturated rings. The number of fused-ring (bicyclic) bond motifs is 1. The van der Waals surface area contributed by atoms with Crippen LogP contribution >= 0.6 is 0 Å². The molecule has 3 amide bonds. The van der Waals surface area contributed by atoms with E-state index in [1.807, 2.05) is 39.0 Å². The third-order valence-electron chi connectivity index (χ3n) is 5.94. The van der Waals surface area contributed by atoms with Crippen LogP contribution in [0.1, 0.15) is 38.8 Å². The number of primary amides is 2. The summed E-state index contributed by atoms with van der Waals surface area (Å²) < 4.78 is 5.35. The lowest BCUT2D eigenvalue weighted by Crippen LogP contribution is -2.65. The molecule has 0 bridgehead atoms. The highest BCUT2D eigenvalue weighted by molar-refractivity contribution is 5.98. The van der Waals surface area contributed by atoms with Crippen molar-refractivity contribution in [1.82, 2.24) is 0 Å². The zero-order chi connectivity index (χ0) is 22.3. The van der Waals surface area contributed by atoms with Crippen molar-refractivity contribution in [3.63, 3.8) is 0 Å². The van der Waals surface area contributed by atoms with Gasteiger partial charge in [0, 0.05) is 18.0 Å². The molecule has 2 atom stereocenters. The van der Waals surface area contributed by atoms with Crippen molar-refractivity contribution in [2.24, 2.45) is 17.4 Å². The first-order chi connectivity index (χ1) is 14.0. The van der Waals surface area contributed by atoms with Crippen molar-refractivity contribution < 1.29 is 19.1 Å². The normalized spacial score (nSPS) is 22.1. The molecule has 7 heteroatoms. The van der Waals surface area contributed by atoms with Crippen LogP contribution in [-0.2, 0) is 19.8 Å². The van der Waals surface area contributed by atoms with Gasteiger partial charge in [-0.1, -0.05) is 25.1 Å². The summed E-state index contributed by atoms with van der Waals surface area (Å²) in [5.74, 6) is -1.47. The van der Waals surface area contributed by atoms with Gasteiger partial charge >= 0.3 is 0 Å². The Balaban J connectivity index is 2.21. The molecule has 30 heavy (non-hydrogen) atoms. The van der Waals surface area contributed by atoms with E-state index in [1.54, 1.807) is 29.2 Å². The lowest BCUT2D eigenvalue weighted by Gasteiger charge is -2.55. The van der Waals surface area contributed by atoms with Crippen LogP contribution in [0, 0.1) is 12.0 Å². The van der Waals surface area contributed by atoms with E-state index in [0.717, 1.165) is 16.8 Å². The first-order valence-electron chi connectivity index (χ1n) is 9.63. The molecule has 2 aromatic rings. The summed E-state index contributed by atoms with van der Waals surface area (Å²) in [6.45, 7) is 6.92. The van der Waals surface area contributed by atoms with Crippen LogP contribution < -0.4 is 21.1 Å². The quantitative estimate of drug-likeness (QED) is 0.786. The minimum absolute atomic E-state index is 0.170. The molecule has 3 rings (SSSR count). The number of carbonyl (C=O) groups is 3. The number of hydrogen-bond acceptors (Lipinski definition) is 4. The minimum atomic E-state index is -0.873. The van der Waals surface area contributed by atoms with E-state index in [0.29, 0.717) is 5.75 Å². The number of nitrogens with two attached hydrogens (primary N) is 2. The lowest BCUT2D eigenvalue weighted by molar-refractivity contribution is -0.127. The Hall–Kier alpha value is -3.35. The molecule has 157 valence electrons. The van der Waals surface area contributed by atoms with Crippen LogP contribution in [0.2, 0.25) is 0 Å². The van der Waals surface area contributed by atoms with Gasteiger partial charge < -0.3 is 21.1 Å². The minimum Gasteiger partial charge on any atom is -0.484 e. The fourth-order valence-electron chi connectivity index (χ4n) is 4.92. The molecule has 1 aliphatic heterocycles. The first-order valence-corrected chi connectivity index (χ1v) is 9.63. The number of ether oxygens (including phenoxy) is 1. The highest BCUT2D eigenvalue weighted by Gasteiger charge is 2.57. The predicted molar refractivity (Wildman–Crippen MR) is 113 cm³/mol. The molecule has 2 unspecified atom stereocenters. The Labute approximate surface area is 176 Å². The van der Waals surface area contributed by atoms with Crippen LogP contribution in [0.3, 0.4) is 0 Å². The fraction of sp³-hybridized carbons (Fsp3) is 0.348. The largest absolute Gasteiger partial charge is 0.484 e. The average Bonchev–Trinajstić information content (AvgIpc) is 2.65. The highest BCUT2D eigenvalue weighted by atomic mass is 16.5. The van der Waals surface area contributed by atoms with Gasteiger partial charge in [0.25, 0.3) is 5.91 Å². The number of nitrogens with zero attached hydrogens (tertiary/aromatic N) is 1. The molecule has 4 N–H and O–H groups in total. The van der Waals surface area contributed by atoms with Gasteiger partial charge in [0.1, 0.15) is 5.75 Å². The van der Waals surface area contributed by atoms with Crippen molar-refractivity contribution in [2.45, 2.75) is 38.6 Å². The molecule has 0 aliphatic carbocycles. The summed E-state index contributed by atoms with van der Waals surface area (Å²) in [6, 6.07) is 15.6. The Morgan fingerprint density at radius 3 is 2.27 bits per heavy atom. The maximum Gasteiger partial charge on any atom is 0.255 e. The Bertz CT molecular complexity index is 1000. The Kier molecular flexibility index (Phi) is 5.33. The monoisotopic (exact) mass is 408 g/mol. The number of hydrogen-bond donors (Lipinski definition) is 2. The summed E-state index contributed by atoms with van der Waals surface area (Å²) in [5.41, 5.74) is 11.7. The van der Waals surface area contributed by atoms with E-state index in [4.69, 9.17) is 16.2 Å². The van der Waals surface area contributed by atoms with Crippen molar-refractivity contribution in [1.29, 1.82) is 0 Å². The molecule has 0 saturated carbocycles. The van der Waals surface area contributed by atoms with Gasteiger partial charge in [0.15, 0.2) is 6.61 Å². The van der Waals surface area contributed by atoms with Crippen molar-refractivity contribution in [2.75, 3.05) is 11.5 Å². The Morgan fingerprint density at radius 1 is 1.10 bits per heavy atom. The number of amides is 3. The fourth-order valence-corrected chi connectivity index (χ4v) is 4.92. The molecule has 0 saturated heterocycles. The molecule has 1 radical (unpaired) electrons. The van der Waals surface area contributed by atoms with Gasteiger partial charge in [-0.2, -0.15) is 0 Å². The molecular formula is C23H26N3O4. The SMILES string of the molecule is CC(=O)N1c2cc[c]cc2C(C)(c2ccc(OCC(N)=O)cc2)C(C(N)=O)C1(C)C. The van der Waals surface area contributed by atoms with Crippen LogP contribution in [-0.4, -0.2) is 29.9 Å². The summed E-state index contributed by atoms with van der Waals surface area (Å²) in [5, 5.41) is 0. The number of benzene rings is 2. The van der Waals surface area contributed by atoms with E-state index in [-0.39, 0.29) is 12.5 Å². The summed E-state index contributed by atoms with van der Waals surface area (Å²) in [4.78, 5) is 38.0. The number of carbonyl (C=O) groups excluding carboxylic acids is 3. The zero-order valence-electron chi connectivity index (χ0n) is 17.6. The van der Waals surface area contributed by atoms with Gasteiger partial charge in [-0.25, -0.2) is 0 Å². The summed E-state index contributed by atoms with van der Waals surface area (Å²) in [6.07, 6.45) is 0. The maximum atomic E-state index is 12.8. The number of anilines is 1. The van der Waals surface area contributed by atoms with Gasteiger partial charge in [0.2, 0.25) is 11.8 Å². The number of rotatable bonds is 5. The van der Waals surface area contributed by atoms with Crippen LogP contribution in [0.25, 0.3) is 0 Å². The topological polar surface area (TPSA) is 116 Å².